The molecule has 12 heavy (non-hydrogen) atoms. The third kappa shape index (κ3) is 6.99. The van der Waals surface area contributed by atoms with Crippen molar-refractivity contribution >= 4 is 11.8 Å². The van der Waals surface area contributed by atoms with Crippen LogP contribution in [0.3, 0.4) is 0 Å². The molecule has 1 unspecified atom stereocenters. The summed E-state index contributed by atoms with van der Waals surface area (Å²) in [6, 6.07) is 0. The quantitative estimate of drug-likeness (QED) is 0.589. The van der Waals surface area contributed by atoms with Gasteiger partial charge in [0.15, 0.2) is 0 Å². The van der Waals surface area contributed by atoms with E-state index in [0.717, 1.165) is 12.5 Å². The van der Waals surface area contributed by atoms with E-state index in [9.17, 15) is 0 Å². The van der Waals surface area contributed by atoms with E-state index >= 15 is 0 Å². The van der Waals surface area contributed by atoms with Crippen molar-refractivity contribution in [1.82, 2.24) is 5.32 Å². The van der Waals surface area contributed by atoms with E-state index in [4.69, 9.17) is 0 Å². The summed E-state index contributed by atoms with van der Waals surface area (Å²) in [6.07, 6.45) is 2.69. The van der Waals surface area contributed by atoms with Crippen LogP contribution in [0.25, 0.3) is 0 Å². The van der Waals surface area contributed by atoms with Crippen molar-refractivity contribution in [2.24, 2.45) is 5.92 Å². The molecule has 0 fully saturated rings. The summed E-state index contributed by atoms with van der Waals surface area (Å²) in [4.78, 5) is 0. The molecule has 74 valence electrons. The SMILES string of the molecule is CCNCC(CC)CCSCC. The topological polar surface area (TPSA) is 12.0 Å². The van der Waals surface area contributed by atoms with Gasteiger partial charge in [0.05, 0.1) is 0 Å². The van der Waals surface area contributed by atoms with Gasteiger partial charge in [-0.25, -0.2) is 0 Å². The summed E-state index contributed by atoms with van der Waals surface area (Å²) in [7, 11) is 0. The van der Waals surface area contributed by atoms with Crippen LogP contribution in [0.5, 0.6) is 0 Å². The average Bonchev–Trinajstić information content (AvgIpc) is 2.11. The van der Waals surface area contributed by atoms with Crippen LogP contribution < -0.4 is 5.32 Å². The summed E-state index contributed by atoms with van der Waals surface area (Å²) in [5.74, 6) is 3.49. The predicted octanol–water partition coefficient (Wildman–Crippen LogP) is 2.77. The molecule has 0 amide bonds. The highest BCUT2D eigenvalue weighted by molar-refractivity contribution is 7.99. The Kier molecular flexibility index (Phi) is 9.64. The minimum Gasteiger partial charge on any atom is -0.317 e. The second kappa shape index (κ2) is 9.40. The molecule has 0 heterocycles. The van der Waals surface area contributed by atoms with Gasteiger partial charge in [0.1, 0.15) is 0 Å². The summed E-state index contributed by atoms with van der Waals surface area (Å²) < 4.78 is 0. The summed E-state index contributed by atoms with van der Waals surface area (Å²) in [5, 5.41) is 3.42. The fraction of sp³-hybridized carbons (Fsp3) is 1.00. The van der Waals surface area contributed by atoms with E-state index in [-0.39, 0.29) is 0 Å². The summed E-state index contributed by atoms with van der Waals surface area (Å²) in [6.45, 7) is 9.01. The van der Waals surface area contributed by atoms with E-state index in [1.54, 1.807) is 0 Å². The Hall–Kier alpha value is 0.310. The van der Waals surface area contributed by atoms with Crippen LogP contribution in [0.15, 0.2) is 0 Å². The number of rotatable bonds is 8. The molecule has 1 atom stereocenters. The van der Waals surface area contributed by atoms with Gasteiger partial charge in [-0.1, -0.05) is 27.2 Å². The minimum atomic E-state index is 0.893. The molecule has 0 bridgehead atoms. The zero-order chi connectivity index (χ0) is 9.23. The largest absolute Gasteiger partial charge is 0.317 e. The number of hydrogen-bond acceptors (Lipinski definition) is 2. The fourth-order valence-corrected chi connectivity index (χ4v) is 1.98. The fourth-order valence-electron chi connectivity index (χ4n) is 1.19. The molecule has 0 aromatic rings. The first-order valence-corrected chi connectivity index (χ1v) is 6.29. The molecular weight excluding hydrogens is 166 g/mol. The van der Waals surface area contributed by atoms with E-state index in [1.807, 2.05) is 0 Å². The Labute approximate surface area is 81.7 Å². The summed E-state index contributed by atoms with van der Waals surface area (Å²) >= 11 is 2.06. The van der Waals surface area contributed by atoms with Crippen molar-refractivity contribution in [2.45, 2.75) is 33.6 Å². The molecule has 0 radical (unpaired) electrons. The molecule has 0 saturated carbocycles. The van der Waals surface area contributed by atoms with Crippen LogP contribution in [-0.4, -0.2) is 24.6 Å². The monoisotopic (exact) mass is 189 g/mol. The lowest BCUT2D eigenvalue weighted by atomic mass is 10.0. The molecule has 0 rings (SSSR count). The van der Waals surface area contributed by atoms with Gasteiger partial charge in [-0.05, 0) is 36.9 Å². The van der Waals surface area contributed by atoms with Crippen LogP contribution in [-0.2, 0) is 0 Å². The predicted molar refractivity (Wildman–Crippen MR) is 59.9 cm³/mol. The maximum atomic E-state index is 3.42. The molecule has 1 N–H and O–H groups in total. The lowest BCUT2D eigenvalue weighted by Gasteiger charge is -2.14. The molecule has 2 heteroatoms. The van der Waals surface area contributed by atoms with Gasteiger partial charge in [-0.2, -0.15) is 11.8 Å². The third-order valence-corrected chi connectivity index (χ3v) is 3.07. The molecule has 0 aliphatic carbocycles. The highest BCUT2D eigenvalue weighted by atomic mass is 32.2. The van der Waals surface area contributed by atoms with Crippen molar-refractivity contribution in [1.29, 1.82) is 0 Å². The van der Waals surface area contributed by atoms with Gasteiger partial charge in [-0.15, -0.1) is 0 Å². The first kappa shape index (κ1) is 12.3. The second-order valence-corrected chi connectivity index (χ2v) is 4.46. The minimum absolute atomic E-state index is 0.893. The molecule has 0 aromatic carbocycles. The van der Waals surface area contributed by atoms with Crippen molar-refractivity contribution in [2.75, 3.05) is 24.6 Å². The van der Waals surface area contributed by atoms with Gasteiger partial charge < -0.3 is 5.32 Å². The van der Waals surface area contributed by atoms with Gasteiger partial charge >= 0.3 is 0 Å². The van der Waals surface area contributed by atoms with Crippen LogP contribution in [0.2, 0.25) is 0 Å². The number of nitrogens with one attached hydrogen (secondary N) is 1. The molecular formula is C10H23NS. The molecule has 0 aliphatic heterocycles. The number of hydrogen-bond donors (Lipinski definition) is 1. The van der Waals surface area contributed by atoms with E-state index in [1.165, 1.54) is 30.9 Å². The zero-order valence-corrected chi connectivity index (χ0v) is 9.54. The van der Waals surface area contributed by atoms with Crippen molar-refractivity contribution in [3.05, 3.63) is 0 Å². The van der Waals surface area contributed by atoms with Crippen LogP contribution in [0, 0.1) is 5.92 Å². The summed E-state index contributed by atoms with van der Waals surface area (Å²) in [5.41, 5.74) is 0. The van der Waals surface area contributed by atoms with Crippen molar-refractivity contribution in [3.63, 3.8) is 0 Å². The van der Waals surface area contributed by atoms with Gasteiger partial charge in [-0.3, -0.25) is 0 Å². The lowest BCUT2D eigenvalue weighted by molar-refractivity contribution is 0.459. The van der Waals surface area contributed by atoms with E-state index < -0.39 is 0 Å². The lowest BCUT2D eigenvalue weighted by Crippen LogP contribution is -2.22. The second-order valence-electron chi connectivity index (χ2n) is 3.07. The van der Waals surface area contributed by atoms with Gasteiger partial charge in [0, 0.05) is 0 Å². The van der Waals surface area contributed by atoms with Gasteiger partial charge in [0.25, 0.3) is 0 Å². The standard InChI is InChI=1S/C10H23NS/c1-4-10(9-11-5-2)7-8-12-6-3/h10-11H,4-9H2,1-3H3. The van der Waals surface area contributed by atoms with Crippen LogP contribution >= 0.6 is 11.8 Å². The Morgan fingerprint density at radius 2 is 2.00 bits per heavy atom. The first-order valence-electron chi connectivity index (χ1n) is 5.13. The molecule has 1 nitrogen and oxygen atoms in total. The Bertz CT molecular complexity index is 85.9. The smallest absolute Gasteiger partial charge is 0.00204 e. The Morgan fingerprint density at radius 1 is 1.25 bits per heavy atom. The van der Waals surface area contributed by atoms with Gasteiger partial charge in [0.2, 0.25) is 0 Å². The maximum absolute atomic E-state index is 3.42. The highest BCUT2D eigenvalue weighted by Crippen LogP contribution is 2.11. The highest BCUT2D eigenvalue weighted by Gasteiger charge is 2.03. The molecule has 0 aromatic heterocycles. The normalized spacial score (nSPS) is 13.2. The van der Waals surface area contributed by atoms with Crippen molar-refractivity contribution in [3.8, 4) is 0 Å². The van der Waals surface area contributed by atoms with Crippen LogP contribution in [0.4, 0.5) is 0 Å². The maximum Gasteiger partial charge on any atom is -0.00204 e. The van der Waals surface area contributed by atoms with E-state index in [2.05, 4.69) is 37.8 Å². The van der Waals surface area contributed by atoms with E-state index in [0.29, 0.717) is 0 Å². The third-order valence-electron chi connectivity index (χ3n) is 2.13. The van der Waals surface area contributed by atoms with Crippen LogP contribution in [0.1, 0.15) is 33.6 Å². The first-order chi connectivity index (χ1) is 5.85. The van der Waals surface area contributed by atoms with Crippen molar-refractivity contribution < 1.29 is 0 Å². The molecule has 0 saturated heterocycles. The Balaban J connectivity index is 3.26. The molecule has 0 aliphatic rings. The zero-order valence-electron chi connectivity index (χ0n) is 8.73. The number of thioether (sulfide) groups is 1. The molecule has 0 spiro atoms. The average molecular weight is 189 g/mol. The Morgan fingerprint density at radius 3 is 2.50 bits per heavy atom.